The predicted molar refractivity (Wildman–Crippen MR) is 107 cm³/mol. The maximum Gasteiger partial charge on any atom is 0.270 e. The Balaban J connectivity index is 1.72. The number of amides is 1. The van der Waals surface area contributed by atoms with E-state index in [-0.39, 0.29) is 23.2 Å². The number of carbonyl (C=O) groups is 1. The molecule has 3 rings (SSSR count). The molecule has 0 unspecified atom stereocenters. The monoisotopic (exact) mass is 395 g/mol. The third-order valence-corrected chi connectivity index (χ3v) is 4.61. The van der Waals surface area contributed by atoms with Crippen LogP contribution in [0.25, 0.3) is 12.2 Å². The molecule has 1 aliphatic heterocycles. The fourth-order valence-electron chi connectivity index (χ4n) is 3.13. The minimum absolute atomic E-state index is 0.00607. The molecule has 9 heteroatoms. The molecule has 1 fully saturated rings. The molecule has 0 atom stereocenters. The van der Waals surface area contributed by atoms with Crippen LogP contribution in [0.3, 0.4) is 0 Å². The highest BCUT2D eigenvalue weighted by Crippen LogP contribution is 2.24. The van der Waals surface area contributed by atoms with Crippen molar-refractivity contribution in [2.45, 2.75) is 19.8 Å². The Morgan fingerprint density at radius 1 is 1.34 bits per heavy atom. The van der Waals surface area contributed by atoms with Gasteiger partial charge in [-0.05, 0) is 18.1 Å². The first kappa shape index (κ1) is 20.1. The topological polar surface area (TPSA) is 117 Å². The molecule has 29 heavy (non-hydrogen) atoms. The molecule has 9 nitrogen and oxygen atoms in total. The van der Waals surface area contributed by atoms with E-state index in [2.05, 4.69) is 4.98 Å². The Morgan fingerprint density at radius 3 is 2.76 bits per heavy atom. The molecule has 1 amide bonds. The van der Waals surface area contributed by atoms with E-state index >= 15 is 0 Å². The Kier molecular flexibility index (Phi) is 6.24. The summed E-state index contributed by atoms with van der Waals surface area (Å²) in [6.07, 6.45) is 4.58. The largest absolute Gasteiger partial charge is 0.420 e. The van der Waals surface area contributed by atoms with Gasteiger partial charge in [-0.2, -0.15) is 10.2 Å². The average molecular weight is 395 g/mol. The third kappa shape index (κ3) is 4.79. The van der Waals surface area contributed by atoms with Gasteiger partial charge in [0.25, 0.3) is 5.69 Å². The highest BCUT2D eigenvalue weighted by atomic mass is 16.6. The van der Waals surface area contributed by atoms with Gasteiger partial charge in [0.1, 0.15) is 6.07 Å². The van der Waals surface area contributed by atoms with Crippen LogP contribution in [0.2, 0.25) is 0 Å². The van der Waals surface area contributed by atoms with Gasteiger partial charge in [-0.15, -0.1) is 0 Å². The number of hydrogen-bond acceptors (Lipinski definition) is 7. The number of anilines is 1. The lowest BCUT2D eigenvalue weighted by Gasteiger charge is -2.34. The number of hydrogen-bond donors (Lipinski definition) is 0. The second-order valence-electron chi connectivity index (χ2n) is 6.62. The molecule has 0 N–H and O–H groups in total. The highest BCUT2D eigenvalue weighted by Gasteiger charge is 2.25. The van der Waals surface area contributed by atoms with Crippen LogP contribution in [-0.4, -0.2) is 46.9 Å². The molecule has 1 aromatic carbocycles. The van der Waals surface area contributed by atoms with E-state index in [0.717, 1.165) is 6.42 Å². The van der Waals surface area contributed by atoms with Crippen molar-refractivity contribution < 1.29 is 14.1 Å². The van der Waals surface area contributed by atoms with Gasteiger partial charge in [0, 0.05) is 50.8 Å². The molecular formula is C20H21N5O4. The van der Waals surface area contributed by atoms with E-state index in [9.17, 15) is 20.2 Å². The van der Waals surface area contributed by atoms with Crippen LogP contribution in [0.4, 0.5) is 11.6 Å². The molecule has 1 saturated heterocycles. The molecule has 1 aromatic heterocycles. The summed E-state index contributed by atoms with van der Waals surface area (Å²) in [6.45, 7) is 4.25. The molecular weight excluding hydrogens is 374 g/mol. The zero-order valence-electron chi connectivity index (χ0n) is 16.1. The first-order chi connectivity index (χ1) is 14.0. The number of nitro benzene ring substituents is 1. The van der Waals surface area contributed by atoms with Gasteiger partial charge in [0.2, 0.25) is 23.4 Å². The third-order valence-electron chi connectivity index (χ3n) is 4.61. The number of piperazine rings is 1. The van der Waals surface area contributed by atoms with Gasteiger partial charge in [-0.1, -0.05) is 19.1 Å². The summed E-state index contributed by atoms with van der Waals surface area (Å²) in [6, 6.07) is 8.22. The van der Waals surface area contributed by atoms with Crippen molar-refractivity contribution in [2.24, 2.45) is 0 Å². The van der Waals surface area contributed by atoms with Gasteiger partial charge < -0.3 is 14.2 Å². The molecule has 150 valence electrons. The van der Waals surface area contributed by atoms with Crippen molar-refractivity contribution in [1.29, 1.82) is 5.26 Å². The van der Waals surface area contributed by atoms with Crippen molar-refractivity contribution in [3.8, 4) is 6.07 Å². The number of nitrogens with zero attached hydrogens (tertiary/aromatic N) is 5. The van der Waals surface area contributed by atoms with E-state index in [1.165, 1.54) is 12.1 Å². The van der Waals surface area contributed by atoms with Crippen molar-refractivity contribution in [1.82, 2.24) is 9.88 Å². The minimum atomic E-state index is -0.459. The summed E-state index contributed by atoms with van der Waals surface area (Å²) in [4.78, 5) is 30.4. The number of benzene rings is 1. The number of nitro groups is 1. The quantitative estimate of drug-likeness (QED) is 0.545. The summed E-state index contributed by atoms with van der Waals surface area (Å²) in [5, 5.41) is 20.3. The van der Waals surface area contributed by atoms with Gasteiger partial charge >= 0.3 is 0 Å². The predicted octanol–water partition coefficient (Wildman–Crippen LogP) is 3.07. The minimum Gasteiger partial charge on any atom is -0.420 e. The van der Waals surface area contributed by atoms with Gasteiger partial charge in [-0.25, -0.2) is 0 Å². The fraction of sp³-hybridized carbons (Fsp3) is 0.350. The Morgan fingerprint density at radius 2 is 2.10 bits per heavy atom. The summed E-state index contributed by atoms with van der Waals surface area (Å²) >= 11 is 0. The SMILES string of the molecule is CCCC(=O)N1CCN(c2oc(/C=C/c3cccc([N+](=O)[O-])c3)nc2C#N)CC1. The second kappa shape index (κ2) is 9.01. The van der Waals surface area contributed by atoms with Crippen LogP contribution in [0.5, 0.6) is 0 Å². The summed E-state index contributed by atoms with van der Waals surface area (Å²) < 4.78 is 5.76. The molecule has 0 aliphatic carbocycles. The van der Waals surface area contributed by atoms with Crippen LogP contribution in [0.1, 0.15) is 36.9 Å². The second-order valence-corrected chi connectivity index (χ2v) is 6.62. The molecule has 0 saturated carbocycles. The smallest absolute Gasteiger partial charge is 0.270 e. The first-order valence-corrected chi connectivity index (χ1v) is 9.38. The number of aromatic nitrogens is 1. The van der Waals surface area contributed by atoms with Crippen LogP contribution >= 0.6 is 0 Å². The highest BCUT2D eigenvalue weighted by molar-refractivity contribution is 5.76. The van der Waals surface area contributed by atoms with Crippen molar-refractivity contribution in [2.75, 3.05) is 31.1 Å². The number of non-ortho nitro benzene ring substituents is 1. The summed E-state index contributed by atoms with van der Waals surface area (Å²) in [7, 11) is 0. The first-order valence-electron chi connectivity index (χ1n) is 9.38. The van der Waals surface area contributed by atoms with Crippen LogP contribution in [0.15, 0.2) is 28.7 Å². The van der Waals surface area contributed by atoms with Gasteiger partial charge in [0.05, 0.1) is 4.92 Å². The molecule has 0 bridgehead atoms. The lowest BCUT2D eigenvalue weighted by molar-refractivity contribution is -0.384. The van der Waals surface area contributed by atoms with Crippen LogP contribution in [-0.2, 0) is 4.79 Å². The number of oxazole rings is 1. The molecule has 1 aliphatic rings. The number of nitriles is 1. The summed E-state index contributed by atoms with van der Waals surface area (Å²) in [5.41, 5.74) is 0.797. The Labute approximate surface area is 168 Å². The number of carbonyl (C=O) groups excluding carboxylic acids is 1. The maximum absolute atomic E-state index is 12.0. The zero-order valence-corrected chi connectivity index (χ0v) is 16.1. The van der Waals surface area contributed by atoms with E-state index in [4.69, 9.17) is 4.42 Å². The Bertz CT molecular complexity index is 967. The summed E-state index contributed by atoms with van der Waals surface area (Å²) in [5.74, 6) is 0.770. The lowest BCUT2D eigenvalue weighted by atomic mass is 10.2. The van der Waals surface area contributed by atoms with Crippen molar-refractivity contribution >= 4 is 29.6 Å². The van der Waals surface area contributed by atoms with Crippen molar-refractivity contribution in [3.63, 3.8) is 0 Å². The molecule has 2 aromatic rings. The van der Waals surface area contributed by atoms with Gasteiger partial charge in [-0.3, -0.25) is 14.9 Å². The van der Waals surface area contributed by atoms with E-state index in [1.54, 1.807) is 24.3 Å². The average Bonchev–Trinajstić information content (AvgIpc) is 3.16. The zero-order chi connectivity index (χ0) is 20.8. The normalized spacial score (nSPS) is 14.2. The van der Waals surface area contributed by atoms with E-state index < -0.39 is 4.92 Å². The van der Waals surface area contributed by atoms with Crippen molar-refractivity contribution in [3.05, 3.63) is 51.5 Å². The standard InChI is InChI=1S/C20H21N5O4/c1-2-4-19(26)23-9-11-24(12-10-23)20-17(14-21)22-18(29-20)8-7-15-5-3-6-16(13-15)25(27)28/h3,5-8,13H,2,4,9-12H2,1H3/b8-7+. The molecule has 0 spiro atoms. The molecule has 0 radical (unpaired) electrons. The van der Waals surface area contributed by atoms with E-state index in [0.29, 0.717) is 44.0 Å². The van der Waals surface area contributed by atoms with Crippen LogP contribution in [0, 0.1) is 21.4 Å². The maximum atomic E-state index is 12.0. The van der Waals surface area contributed by atoms with Crippen LogP contribution < -0.4 is 4.90 Å². The number of rotatable bonds is 6. The lowest BCUT2D eigenvalue weighted by Crippen LogP contribution is -2.48. The van der Waals surface area contributed by atoms with Gasteiger partial charge in [0.15, 0.2) is 0 Å². The fourth-order valence-corrected chi connectivity index (χ4v) is 3.13. The Hall–Kier alpha value is -3.67. The van der Waals surface area contributed by atoms with E-state index in [1.807, 2.05) is 22.8 Å². The molecule has 2 heterocycles.